The molecule has 0 spiro atoms. The van der Waals surface area contributed by atoms with Crippen LogP contribution < -0.4 is 0 Å². The van der Waals surface area contributed by atoms with Gasteiger partial charge in [0, 0.05) is 44.8 Å². The SMILES string of the molecule is CC(C)(C)OC(=O)N1CC(N2Cc3cc(C4CN(Cc5cc(F)cc(C(F)(F)F)c5)CCO4)ccc3C2=O)C1. The molecule has 0 aliphatic carbocycles. The van der Waals surface area contributed by atoms with Crippen LogP contribution in [0.15, 0.2) is 36.4 Å². The summed E-state index contributed by atoms with van der Waals surface area (Å²) in [6, 6.07) is 8.08. The van der Waals surface area contributed by atoms with Crippen molar-refractivity contribution in [2.45, 2.75) is 57.8 Å². The smallest absolute Gasteiger partial charge is 0.416 e. The summed E-state index contributed by atoms with van der Waals surface area (Å²) >= 11 is 0. The molecule has 7 nitrogen and oxygen atoms in total. The Morgan fingerprint density at radius 1 is 1.08 bits per heavy atom. The van der Waals surface area contributed by atoms with Crippen LogP contribution in [0.25, 0.3) is 0 Å². The number of rotatable bonds is 4. The van der Waals surface area contributed by atoms with Gasteiger partial charge in [-0.1, -0.05) is 12.1 Å². The van der Waals surface area contributed by atoms with Crippen molar-refractivity contribution in [3.8, 4) is 0 Å². The summed E-state index contributed by atoms with van der Waals surface area (Å²) < 4.78 is 64.5. The number of carbonyl (C=O) groups is 2. The van der Waals surface area contributed by atoms with E-state index in [1.807, 2.05) is 17.0 Å². The van der Waals surface area contributed by atoms with E-state index in [9.17, 15) is 27.2 Å². The third-order valence-electron chi connectivity index (χ3n) is 7.13. The van der Waals surface area contributed by atoms with Crippen molar-refractivity contribution in [1.82, 2.24) is 14.7 Å². The summed E-state index contributed by atoms with van der Waals surface area (Å²) in [7, 11) is 0. The zero-order valence-electron chi connectivity index (χ0n) is 22.1. The molecule has 11 heteroatoms. The second-order valence-electron chi connectivity index (χ2n) is 11.3. The summed E-state index contributed by atoms with van der Waals surface area (Å²) in [5.41, 5.74) is 1.01. The summed E-state index contributed by atoms with van der Waals surface area (Å²) in [6.07, 6.45) is -5.35. The van der Waals surface area contributed by atoms with Gasteiger partial charge in [0.15, 0.2) is 0 Å². The van der Waals surface area contributed by atoms with Crippen LogP contribution in [0.5, 0.6) is 0 Å². The topological polar surface area (TPSA) is 62.3 Å². The first kappa shape index (κ1) is 27.4. The molecule has 3 aliphatic heterocycles. The fourth-order valence-corrected chi connectivity index (χ4v) is 5.20. The Morgan fingerprint density at radius 3 is 2.51 bits per heavy atom. The summed E-state index contributed by atoms with van der Waals surface area (Å²) in [4.78, 5) is 30.6. The molecule has 2 saturated heterocycles. The van der Waals surface area contributed by atoms with Crippen LogP contribution in [0.4, 0.5) is 22.4 Å². The molecular formula is C28H31F4N3O4. The lowest BCUT2D eigenvalue weighted by Crippen LogP contribution is -2.61. The zero-order valence-corrected chi connectivity index (χ0v) is 22.1. The first-order valence-corrected chi connectivity index (χ1v) is 12.9. The number of fused-ring (bicyclic) bond motifs is 1. The maximum atomic E-state index is 13.9. The lowest BCUT2D eigenvalue weighted by Gasteiger charge is -2.43. The van der Waals surface area contributed by atoms with E-state index in [4.69, 9.17) is 9.47 Å². The van der Waals surface area contributed by atoms with Crippen LogP contribution in [0.2, 0.25) is 0 Å². The number of nitrogens with zero attached hydrogens (tertiary/aromatic N) is 3. The summed E-state index contributed by atoms with van der Waals surface area (Å²) in [6.45, 7) is 8.13. The molecule has 2 aromatic carbocycles. The number of halogens is 4. The first-order valence-electron chi connectivity index (χ1n) is 12.9. The van der Waals surface area contributed by atoms with Crippen molar-refractivity contribution < 1.29 is 36.6 Å². The van der Waals surface area contributed by atoms with Crippen molar-refractivity contribution in [1.29, 1.82) is 0 Å². The van der Waals surface area contributed by atoms with Crippen LogP contribution in [0.1, 0.15) is 59.5 Å². The minimum atomic E-state index is -4.62. The van der Waals surface area contributed by atoms with Crippen molar-refractivity contribution in [2.24, 2.45) is 0 Å². The van der Waals surface area contributed by atoms with E-state index in [1.165, 1.54) is 0 Å². The Morgan fingerprint density at radius 2 is 1.82 bits per heavy atom. The molecule has 2 aromatic rings. The van der Waals surface area contributed by atoms with Crippen LogP contribution >= 0.6 is 0 Å². The van der Waals surface area contributed by atoms with Gasteiger partial charge in [0.1, 0.15) is 11.4 Å². The van der Waals surface area contributed by atoms with Crippen LogP contribution in [-0.2, 0) is 28.7 Å². The Hall–Kier alpha value is -3.18. The fourth-order valence-electron chi connectivity index (χ4n) is 5.20. The molecule has 1 atom stereocenters. The van der Waals surface area contributed by atoms with Gasteiger partial charge in [-0.15, -0.1) is 0 Å². The lowest BCUT2D eigenvalue weighted by molar-refractivity contribution is -0.137. The molecular weight excluding hydrogens is 518 g/mol. The molecule has 3 aliphatic rings. The van der Waals surface area contributed by atoms with E-state index < -0.39 is 29.3 Å². The van der Waals surface area contributed by atoms with Gasteiger partial charge in [0.05, 0.1) is 24.3 Å². The van der Waals surface area contributed by atoms with Crippen molar-refractivity contribution in [2.75, 3.05) is 32.8 Å². The average molecular weight is 550 g/mol. The number of likely N-dealkylation sites (tertiary alicyclic amines) is 1. The molecule has 210 valence electrons. The number of benzene rings is 2. The minimum absolute atomic E-state index is 0.0804. The van der Waals surface area contributed by atoms with Gasteiger partial charge in [-0.25, -0.2) is 9.18 Å². The largest absolute Gasteiger partial charge is 0.444 e. The fraction of sp³-hybridized carbons (Fsp3) is 0.500. The third-order valence-corrected chi connectivity index (χ3v) is 7.13. The third kappa shape index (κ3) is 6.04. The van der Waals surface area contributed by atoms with Gasteiger partial charge in [0.2, 0.25) is 0 Å². The zero-order chi connectivity index (χ0) is 28.1. The highest BCUT2D eigenvalue weighted by molar-refractivity contribution is 5.98. The van der Waals surface area contributed by atoms with Crippen LogP contribution in [0.3, 0.4) is 0 Å². The highest BCUT2D eigenvalue weighted by Crippen LogP contribution is 2.34. The Balaban J connectivity index is 1.22. The molecule has 39 heavy (non-hydrogen) atoms. The molecule has 1 unspecified atom stereocenters. The molecule has 3 heterocycles. The number of amides is 2. The van der Waals surface area contributed by atoms with Crippen molar-refractivity contribution in [3.05, 3.63) is 70.0 Å². The van der Waals surface area contributed by atoms with Crippen molar-refractivity contribution >= 4 is 12.0 Å². The molecule has 0 N–H and O–H groups in total. The van der Waals surface area contributed by atoms with Gasteiger partial charge in [-0.2, -0.15) is 13.2 Å². The number of alkyl halides is 3. The van der Waals surface area contributed by atoms with Gasteiger partial charge in [-0.3, -0.25) is 9.69 Å². The molecule has 0 aromatic heterocycles. The molecule has 0 radical (unpaired) electrons. The predicted octanol–water partition coefficient (Wildman–Crippen LogP) is 4.99. The second kappa shape index (κ2) is 10.1. The number of hydrogen-bond acceptors (Lipinski definition) is 5. The average Bonchev–Trinajstić information content (AvgIpc) is 3.11. The van der Waals surface area contributed by atoms with Gasteiger partial charge >= 0.3 is 12.3 Å². The number of ether oxygens (including phenoxy) is 2. The Labute approximate surface area is 224 Å². The number of hydrogen-bond donors (Lipinski definition) is 0. The molecule has 2 fully saturated rings. The predicted molar refractivity (Wildman–Crippen MR) is 133 cm³/mol. The highest BCUT2D eigenvalue weighted by atomic mass is 19.4. The molecule has 2 amide bonds. The summed E-state index contributed by atoms with van der Waals surface area (Å²) in [5, 5.41) is 0. The molecule has 5 rings (SSSR count). The van der Waals surface area contributed by atoms with Crippen LogP contribution in [0, 0.1) is 5.82 Å². The highest BCUT2D eigenvalue weighted by Gasteiger charge is 2.42. The second-order valence-corrected chi connectivity index (χ2v) is 11.3. The Kier molecular flexibility index (Phi) is 7.09. The first-order chi connectivity index (χ1) is 18.3. The van der Waals surface area contributed by atoms with Crippen LogP contribution in [-0.4, -0.2) is 71.1 Å². The maximum Gasteiger partial charge on any atom is 0.416 e. The van der Waals surface area contributed by atoms with E-state index in [1.54, 1.807) is 36.6 Å². The Bertz CT molecular complexity index is 1270. The summed E-state index contributed by atoms with van der Waals surface area (Å²) in [5.74, 6) is -0.999. The normalized spacial score (nSPS) is 20.7. The van der Waals surface area contributed by atoms with E-state index in [2.05, 4.69) is 0 Å². The van der Waals surface area contributed by atoms with E-state index in [0.717, 1.165) is 23.3 Å². The van der Waals surface area contributed by atoms with E-state index >= 15 is 0 Å². The van der Waals surface area contributed by atoms with Gasteiger partial charge in [0.25, 0.3) is 5.91 Å². The van der Waals surface area contributed by atoms with E-state index in [-0.39, 0.29) is 30.2 Å². The monoisotopic (exact) mass is 549 g/mol. The lowest BCUT2D eigenvalue weighted by atomic mass is 10.0. The molecule has 0 saturated carbocycles. The van der Waals surface area contributed by atoms with Gasteiger partial charge < -0.3 is 19.3 Å². The number of morpholine rings is 1. The van der Waals surface area contributed by atoms with Crippen molar-refractivity contribution in [3.63, 3.8) is 0 Å². The maximum absolute atomic E-state index is 13.9. The molecule has 0 bridgehead atoms. The standard InChI is InChI=1S/C28H31F4N3O4/c1-27(2,3)39-26(37)34-14-22(15-34)35-13-19-10-18(4-5-23(19)25(35)36)24-16-33(6-7-38-24)12-17-8-20(28(30,31)32)11-21(29)9-17/h4-5,8-11,22,24H,6-7,12-16H2,1-3H3. The van der Waals surface area contributed by atoms with Gasteiger partial charge in [-0.05, 0) is 61.7 Å². The number of carbonyl (C=O) groups excluding carboxylic acids is 2. The quantitative estimate of drug-likeness (QED) is 0.503. The minimum Gasteiger partial charge on any atom is -0.444 e. The van der Waals surface area contributed by atoms with E-state index in [0.29, 0.717) is 51.0 Å².